The summed E-state index contributed by atoms with van der Waals surface area (Å²) in [5, 5.41) is -0.548. The Morgan fingerprint density at radius 2 is 1.90 bits per heavy atom. The Morgan fingerprint density at radius 3 is 2.45 bits per heavy atom. The zero-order valence-corrected chi connectivity index (χ0v) is 13.0. The summed E-state index contributed by atoms with van der Waals surface area (Å²) < 4.78 is 26.0. The van der Waals surface area contributed by atoms with E-state index in [1.165, 1.54) is 0 Å². The average Bonchev–Trinajstić information content (AvgIpc) is 2.39. The van der Waals surface area contributed by atoms with E-state index in [0.717, 1.165) is 12.0 Å². The van der Waals surface area contributed by atoms with Gasteiger partial charge < -0.3 is 0 Å². The Hall–Kier alpha value is -1.43. The van der Waals surface area contributed by atoms with Crippen molar-refractivity contribution < 1.29 is 13.2 Å². The lowest BCUT2D eigenvalue weighted by Gasteiger charge is -2.15. The molecular weight excluding hydrogens is 276 g/mol. The van der Waals surface area contributed by atoms with Gasteiger partial charge in [-0.3, -0.25) is 14.5 Å². The zero-order chi connectivity index (χ0) is 15.2. The second-order valence-corrected chi connectivity index (χ2v) is 7.15. The molecule has 1 heterocycles. The van der Waals surface area contributed by atoms with E-state index in [0.29, 0.717) is 6.42 Å². The maximum Gasteiger partial charge on any atom is 0.237 e. The van der Waals surface area contributed by atoms with Crippen LogP contribution in [0.1, 0.15) is 51.5 Å². The molecule has 1 amide bonds. The first-order valence-electron chi connectivity index (χ1n) is 6.81. The van der Waals surface area contributed by atoms with Crippen LogP contribution in [0.3, 0.4) is 0 Å². The van der Waals surface area contributed by atoms with Crippen molar-refractivity contribution in [1.82, 2.24) is 9.71 Å². The lowest BCUT2D eigenvalue weighted by Crippen LogP contribution is -2.37. The number of hydrogen-bond acceptors (Lipinski definition) is 4. The summed E-state index contributed by atoms with van der Waals surface area (Å²) >= 11 is 0. The Bertz CT molecular complexity index is 529. The Balaban J connectivity index is 2.60. The molecule has 6 heteroatoms. The number of nitrogens with one attached hydrogen (secondary N) is 1. The van der Waals surface area contributed by atoms with Crippen molar-refractivity contribution >= 4 is 15.9 Å². The molecule has 5 nitrogen and oxygen atoms in total. The quantitative estimate of drug-likeness (QED) is 0.837. The minimum absolute atomic E-state index is 0.0466. The molecule has 0 saturated heterocycles. The predicted octanol–water partition coefficient (Wildman–Crippen LogP) is 2.21. The molecule has 112 valence electrons. The standard InChI is InChI=1S/C14H22N2O3S/c1-4-5-12(3)20(18,19)16-14(17)10-11(2)13-6-8-15-9-7-13/h6-9,11-12H,4-5,10H2,1-3H3,(H,16,17)/t11-,12+/m1/s1. The summed E-state index contributed by atoms with van der Waals surface area (Å²) in [5.74, 6) is -0.507. The molecule has 0 unspecified atom stereocenters. The Kier molecular flexibility index (Phi) is 6.13. The maximum absolute atomic E-state index is 11.9. The number of pyridine rings is 1. The fraction of sp³-hybridized carbons (Fsp3) is 0.571. The molecule has 20 heavy (non-hydrogen) atoms. The van der Waals surface area contributed by atoms with Gasteiger partial charge in [-0.1, -0.05) is 20.3 Å². The fourth-order valence-corrected chi connectivity index (χ4v) is 3.10. The van der Waals surface area contributed by atoms with Crippen molar-refractivity contribution in [2.75, 3.05) is 0 Å². The van der Waals surface area contributed by atoms with Gasteiger partial charge in [0.2, 0.25) is 15.9 Å². The summed E-state index contributed by atoms with van der Waals surface area (Å²) in [4.78, 5) is 15.8. The van der Waals surface area contributed by atoms with E-state index in [-0.39, 0.29) is 12.3 Å². The van der Waals surface area contributed by atoms with Gasteiger partial charge >= 0.3 is 0 Å². The van der Waals surface area contributed by atoms with E-state index >= 15 is 0 Å². The van der Waals surface area contributed by atoms with Crippen LogP contribution in [0.5, 0.6) is 0 Å². The topological polar surface area (TPSA) is 76.1 Å². The molecule has 0 fully saturated rings. The van der Waals surface area contributed by atoms with Gasteiger partial charge in [0.05, 0.1) is 5.25 Å². The predicted molar refractivity (Wildman–Crippen MR) is 78.7 cm³/mol. The minimum Gasteiger partial charge on any atom is -0.274 e. The molecule has 0 bridgehead atoms. The third kappa shape index (κ3) is 4.92. The molecule has 1 aromatic rings. The second-order valence-electron chi connectivity index (χ2n) is 5.06. The van der Waals surface area contributed by atoms with Crippen LogP contribution >= 0.6 is 0 Å². The number of hydrogen-bond donors (Lipinski definition) is 1. The average molecular weight is 298 g/mol. The van der Waals surface area contributed by atoms with E-state index in [1.54, 1.807) is 19.3 Å². The molecule has 0 radical (unpaired) electrons. The van der Waals surface area contributed by atoms with Gasteiger partial charge in [-0.25, -0.2) is 8.42 Å². The van der Waals surface area contributed by atoms with E-state index in [2.05, 4.69) is 9.71 Å². The second kappa shape index (κ2) is 7.38. The van der Waals surface area contributed by atoms with Crippen molar-refractivity contribution in [2.24, 2.45) is 0 Å². The van der Waals surface area contributed by atoms with Gasteiger partial charge in [-0.05, 0) is 37.0 Å². The molecule has 1 rings (SSSR count). The van der Waals surface area contributed by atoms with Crippen molar-refractivity contribution in [3.63, 3.8) is 0 Å². The lowest BCUT2D eigenvalue weighted by molar-refractivity contribution is -0.119. The highest BCUT2D eigenvalue weighted by Gasteiger charge is 2.23. The Labute approximate surface area is 120 Å². The molecule has 1 N–H and O–H groups in total. The van der Waals surface area contributed by atoms with Crippen LogP contribution < -0.4 is 4.72 Å². The van der Waals surface area contributed by atoms with Crippen LogP contribution in [0.4, 0.5) is 0 Å². The molecule has 0 aliphatic rings. The number of nitrogens with zero attached hydrogens (tertiary/aromatic N) is 1. The molecule has 0 aliphatic heterocycles. The number of amides is 1. The van der Waals surface area contributed by atoms with Crippen LogP contribution in [0.2, 0.25) is 0 Å². The van der Waals surface area contributed by atoms with Crippen molar-refractivity contribution in [2.45, 2.75) is 51.2 Å². The minimum atomic E-state index is -3.56. The maximum atomic E-state index is 11.9. The van der Waals surface area contributed by atoms with Gasteiger partial charge in [0.15, 0.2) is 0 Å². The SMILES string of the molecule is CCC[C@H](C)S(=O)(=O)NC(=O)C[C@@H](C)c1ccncc1. The van der Waals surface area contributed by atoms with Gasteiger partial charge in [0.1, 0.15) is 0 Å². The monoisotopic (exact) mass is 298 g/mol. The number of aromatic nitrogens is 1. The van der Waals surface area contributed by atoms with Crippen LogP contribution in [0.15, 0.2) is 24.5 Å². The van der Waals surface area contributed by atoms with Crippen LogP contribution in [-0.4, -0.2) is 24.6 Å². The van der Waals surface area contributed by atoms with Crippen LogP contribution in [-0.2, 0) is 14.8 Å². The van der Waals surface area contributed by atoms with Gasteiger partial charge in [-0.15, -0.1) is 0 Å². The molecule has 0 aliphatic carbocycles. The summed E-state index contributed by atoms with van der Waals surface area (Å²) in [6.07, 6.45) is 4.77. The molecule has 0 aromatic carbocycles. The van der Waals surface area contributed by atoms with Crippen molar-refractivity contribution in [3.8, 4) is 0 Å². The Morgan fingerprint density at radius 1 is 1.30 bits per heavy atom. The highest BCUT2D eigenvalue weighted by atomic mass is 32.2. The van der Waals surface area contributed by atoms with E-state index < -0.39 is 21.2 Å². The fourth-order valence-electron chi connectivity index (χ4n) is 1.95. The van der Waals surface area contributed by atoms with Crippen LogP contribution in [0.25, 0.3) is 0 Å². The normalized spacial score (nSPS) is 14.6. The number of carbonyl (C=O) groups excluding carboxylic acids is 1. The summed E-state index contributed by atoms with van der Waals surface area (Å²) in [6.45, 7) is 5.42. The molecule has 0 spiro atoms. The van der Waals surface area contributed by atoms with Gasteiger partial charge in [-0.2, -0.15) is 0 Å². The van der Waals surface area contributed by atoms with Crippen molar-refractivity contribution in [1.29, 1.82) is 0 Å². The smallest absolute Gasteiger partial charge is 0.237 e. The molecule has 1 aromatic heterocycles. The van der Waals surface area contributed by atoms with E-state index in [4.69, 9.17) is 0 Å². The lowest BCUT2D eigenvalue weighted by atomic mass is 9.99. The third-order valence-electron chi connectivity index (χ3n) is 3.25. The first-order chi connectivity index (χ1) is 9.36. The third-order valence-corrected chi connectivity index (χ3v) is 5.06. The van der Waals surface area contributed by atoms with Gasteiger partial charge in [0.25, 0.3) is 0 Å². The first-order valence-corrected chi connectivity index (χ1v) is 8.35. The first kappa shape index (κ1) is 16.6. The largest absolute Gasteiger partial charge is 0.274 e. The molecular formula is C14H22N2O3S. The number of sulfonamides is 1. The summed E-state index contributed by atoms with van der Waals surface area (Å²) in [5.41, 5.74) is 0.967. The van der Waals surface area contributed by atoms with E-state index in [9.17, 15) is 13.2 Å². The summed E-state index contributed by atoms with van der Waals surface area (Å²) in [6, 6.07) is 3.65. The molecule has 0 saturated carbocycles. The highest BCUT2D eigenvalue weighted by Crippen LogP contribution is 2.18. The summed E-state index contributed by atoms with van der Waals surface area (Å²) in [7, 11) is -3.56. The van der Waals surface area contributed by atoms with E-state index in [1.807, 2.05) is 26.0 Å². The van der Waals surface area contributed by atoms with Crippen molar-refractivity contribution in [3.05, 3.63) is 30.1 Å². The number of rotatable bonds is 7. The van der Waals surface area contributed by atoms with Crippen LogP contribution in [0, 0.1) is 0 Å². The number of carbonyl (C=O) groups is 1. The van der Waals surface area contributed by atoms with Gasteiger partial charge in [0, 0.05) is 18.8 Å². The zero-order valence-electron chi connectivity index (χ0n) is 12.2. The highest BCUT2D eigenvalue weighted by molar-refractivity contribution is 7.90. The molecule has 2 atom stereocenters.